The van der Waals surface area contributed by atoms with E-state index in [0.717, 1.165) is 22.0 Å². The Morgan fingerprint density at radius 3 is 2.78 bits per heavy atom. The number of nitrogens with one attached hydrogen (secondary N) is 1. The average molecular weight is 500 g/mol. The first kappa shape index (κ1) is 23.3. The van der Waals surface area contributed by atoms with E-state index in [4.69, 9.17) is 25.8 Å². The number of hydrogen-bond donors (Lipinski definition) is 1. The van der Waals surface area contributed by atoms with Gasteiger partial charge in [-0.05, 0) is 42.0 Å². The molecule has 3 aromatic carbocycles. The van der Waals surface area contributed by atoms with Crippen molar-refractivity contribution in [3.05, 3.63) is 94.6 Å². The molecule has 5 rings (SSSR count). The molecule has 1 amide bonds. The first-order chi connectivity index (χ1) is 17.6. The zero-order valence-electron chi connectivity index (χ0n) is 19.2. The van der Waals surface area contributed by atoms with Crippen LogP contribution in [0.3, 0.4) is 0 Å². The summed E-state index contributed by atoms with van der Waals surface area (Å²) in [6, 6.07) is 22.7. The number of nitriles is 1. The van der Waals surface area contributed by atoms with Crippen LogP contribution >= 0.6 is 11.6 Å². The van der Waals surface area contributed by atoms with Gasteiger partial charge >= 0.3 is 0 Å². The lowest BCUT2D eigenvalue weighted by Gasteiger charge is -2.09. The molecule has 0 fully saturated rings. The number of ether oxygens (including phenoxy) is 3. The number of para-hydroxylation sites is 2. The molecule has 0 bridgehead atoms. The van der Waals surface area contributed by atoms with E-state index in [1.165, 1.54) is 0 Å². The first-order valence-electron chi connectivity index (χ1n) is 11.4. The fourth-order valence-corrected chi connectivity index (χ4v) is 4.21. The molecule has 36 heavy (non-hydrogen) atoms. The fraction of sp³-hybridized carbons (Fsp3) is 0.143. The standard InChI is InChI=1S/C28H22ClN3O4/c29-23-6-2-4-8-25(23)34-12-11-32-17-21(22-5-1-3-7-24(22)32)14-20(15-30)28(33)31-16-19-9-10-26-27(13-19)36-18-35-26/h1-10,13-14,17H,11-12,16,18H2,(H,31,33)/b20-14+. The van der Waals surface area contributed by atoms with E-state index in [1.807, 2.05) is 71.4 Å². The Labute approximate surface area is 213 Å². The minimum Gasteiger partial charge on any atom is -0.490 e. The van der Waals surface area contributed by atoms with Crippen LogP contribution < -0.4 is 19.5 Å². The van der Waals surface area contributed by atoms with E-state index < -0.39 is 5.91 Å². The highest BCUT2D eigenvalue weighted by Gasteiger charge is 2.15. The SMILES string of the molecule is N#C/C(=C\c1cn(CCOc2ccccc2Cl)c2ccccc12)C(=O)NCc1ccc2c(c1)OCO2. The summed E-state index contributed by atoms with van der Waals surface area (Å²) in [7, 11) is 0. The molecule has 0 aliphatic carbocycles. The topological polar surface area (TPSA) is 85.5 Å². The van der Waals surface area contributed by atoms with Crippen molar-refractivity contribution < 1.29 is 19.0 Å². The van der Waals surface area contributed by atoms with Crippen molar-refractivity contribution in [2.45, 2.75) is 13.1 Å². The van der Waals surface area contributed by atoms with Crippen molar-refractivity contribution >= 4 is 34.5 Å². The van der Waals surface area contributed by atoms with Crippen molar-refractivity contribution in [1.29, 1.82) is 5.26 Å². The minimum absolute atomic E-state index is 0.0194. The molecule has 8 heteroatoms. The maximum Gasteiger partial charge on any atom is 0.262 e. The second-order valence-electron chi connectivity index (χ2n) is 8.11. The van der Waals surface area contributed by atoms with Crippen molar-refractivity contribution in [2.75, 3.05) is 13.4 Å². The molecule has 0 atom stereocenters. The van der Waals surface area contributed by atoms with Crippen LogP contribution in [0.15, 0.2) is 78.5 Å². The summed E-state index contributed by atoms with van der Waals surface area (Å²) in [5, 5.41) is 14.0. The van der Waals surface area contributed by atoms with Crippen molar-refractivity contribution in [1.82, 2.24) is 9.88 Å². The van der Waals surface area contributed by atoms with Gasteiger partial charge in [0.1, 0.15) is 24.0 Å². The second kappa shape index (κ2) is 10.5. The monoisotopic (exact) mass is 499 g/mol. The number of nitrogens with zero attached hydrogens (tertiary/aromatic N) is 2. The molecule has 7 nitrogen and oxygen atoms in total. The average Bonchev–Trinajstić information content (AvgIpc) is 3.51. The van der Waals surface area contributed by atoms with Crippen molar-refractivity contribution in [3.8, 4) is 23.3 Å². The molecule has 0 saturated carbocycles. The van der Waals surface area contributed by atoms with E-state index in [0.29, 0.717) is 35.4 Å². The molecule has 1 aliphatic heterocycles. The minimum atomic E-state index is -0.450. The van der Waals surface area contributed by atoms with Crippen molar-refractivity contribution in [3.63, 3.8) is 0 Å². The highest BCUT2D eigenvalue weighted by Crippen LogP contribution is 2.32. The largest absolute Gasteiger partial charge is 0.490 e. The number of benzene rings is 3. The predicted molar refractivity (Wildman–Crippen MR) is 137 cm³/mol. The molecule has 0 radical (unpaired) electrons. The summed E-state index contributed by atoms with van der Waals surface area (Å²) >= 11 is 6.18. The fourth-order valence-electron chi connectivity index (χ4n) is 4.02. The first-order valence-corrected chi connectivity index (χ1v) is 11.7. The van der Waals surface area contributed by atoms with Gasteiger partial charge in [0.25, 0.3) is 5.91 Å². The lowest BCUT2D eigenvalue weighted by molar-refractivity contribution is -0.117. The zero-order chi connectivity index (χ0) is 24.9. The Bertz CT molecular complexity index is 1500. The van der Waals surface area contributed by atoms with Crippen LogP contribution in [0.1, 0.15) is 11.1 Å². The second-order valence-corrected chi connectivity index (χ2v) is 8.52. The van der Waals surface area contributed by atoms with Gasteiger partial charge in [-0.15, -0.1) is 0 Å². The van der Waals surface area contributed by atoms with Crippen molar-refractivity contribution in [2.24, 2.45) is 0 Å². The molecule has 0 unspecified atom stereocenters. The summed E-state index contributed by atoms with van der Waals surface area (Å²) in [6.07, 6.45) is 3.53. The molecule has 1 aliphatic rings. The number of carbonyl (C=O) groups excluding carboxylic acids is 1. The Morgan fingerprint density at radius 2 is 1.92 bits per heavy atom. The van der Waals surface area contributed by atoms with Gasteiger partial charge < -0.3 is 24.1 Å². The summed E-state index contributed by atoms with van der Waals surface area (Å²) in [5.74, 6) is 1.50. The van der Waals surface area contributed by atoms with Crippen LogP contribution in [0, 0.1) is 11.3 Å². The highest BCUT2D eigenvalue weighted by molar-refractivity contribution is 6.32. The predicted octanol–water partition coefficient (Wildman–Crippen LogP) is 5.33. The number of rotatable bonds is 8. The maximum atomic E-state index is 12.8. The molecule has 0 spiro atoms. The molecule has 2 heterocycles. The quantitative estimate of drug-likeness (QED) is 0.262. The van der Waals surface area contributed by atoms with Crippen LogP contribution in [0.25, 0.3) is 17.0 Å². The summed E-state index contributed by atoms with van der Waals surface area (Å²) in [4.78, 5) is 12.8. The van der Waals surface area contributed by atoms with Crippen LogP contribution in [-0.4, -0.2) is 23.9 Å². The summed E-state index contributed by atoms with van der Waals surface area (Å²) < 4.78 is 18.6. The van der Waals surface area contributed by atoms with E-state index in [1.54, 1.807) is 18.2 Å². The van der Waals surface area contributed by atoms with E-state index in [-0.39, 0.29) is 18.9 Å². The molecule has 0 saturated heterocycles. The van der Waals surface area contributed by atoms with Gasteiger partial charge in [0.05, 0.1) is 11.6 Å². The number of amides is 1. The number of hydrogen-bond acceptors (Lipinski definition) is 5. The van der Waals surface area contributed by atoms with Crippen LogP contribution in [0.4, 0.5) is 0 Å². The van der Waals surface area contributed by atoms with Gasteiger partial charge in [-0.3, -0.25) is 4.79 Å². The molecule has 180 valence electrons. The van der Waals surface area contributed by atoms with Gasteiger partial charge in [-0.25, -0.2) is 0 Å². The van der Waals surface area contributed by atoms with Gasteiger partial charge in [-0.2, -0.15) is 5.26 Å². The Kier molecular flexibility index (Phi) is 6.78. The third kappa shape index (κ3) is 4.99. The van der Waals surface area contributed by atoms with Gasteiger partial charge in [0.2, 0.25) is 6.79 Å². The zero-order valence-corrected chi connectivity index (χ0v) is 20.0. The molecular formula is C28H22ClN3O4. The highest BCUT2D eigenvalue weighted by atomic mass is 35.5. The Hall–Kier alpha value is -4.41. The number of fused-ring (bicyclic) bond motifs is 2. The molecule has 1 aromatic heterocycles. The third-order valence-corrected chi connectivity index (χ3v) is 6.11. The Balaban J connectivity index is 1.31. The number of carbonyl (C=O) groups is 1. The van der Waals surface area contributed by atoms with Gasteiger partial charge in [-0.1, -0.05) is 48.0 Å². The molecule has 1 N–H and O–H groups in total. The third-order valence-electron chi connectivity index (χ3n) is 5.80. The summed E-state index contributed by atoms with van der Waals surface area (Å²) in [6.45, 7) is 1.42. The van der Waals surface area contributed by atoms with Crippen LogP contribution in [0.5, 0.6) is 17.2 Å². The van der Waals surface area contributed by atoms with Crippen LogP contribution in [-0.2, 0) is 17.9 Å². The van der Waals surface area contributed by atoms with E-state index in [2.05, 4.69) is 5.32 Å². The normalized spacial score (nSPS) is 12.4. The lowest BCUT2D eigenvalue weighted by Crippen LogP contribution is -2.23. The number of aromatic nitrogens is 1. The van der Waals surface area contributed by atoms with E-state index in [9.17, 15) is 10.1 Å². The van der Waals surface area contributed by atoms with Crippen LogP contribution in [0.2, 0.25) is 5.02 Å². The maximum absolute atomic E-state index is 12.8. The smallest absolute Gasteiger partial charge is 0.262 e. The van der Waals surface area contributed by atoms with Gasteiger partial charge in [0.15, 0.2) is 11.5 Å². The summed E-state index contributed by atoms with van der Waals surface area (Å²) in [5.41, 5.74) is 2.62. The van der Waals surface area contributed by atoms with Gasteiger partial charge in [0, 0.05) is 29.2 Å². The lowest BCUT2D eigenvalue weighted by atomic mass is 10.1. The molecular weight excluding hydrogens is 478 g/mol. The number of halogens is 1. The molecule has 4 aromatic rings. The Morgan fingerprint density at radius 1 is 1.11 bits per heavy atom. The van der Waals surface area contributed by atoms with E-state index >= 15 is 0 Å².